The van der Waals surface area contributed by atoms with Gasteiger partial charge in [-0.15, -0.1) is 0 Å². The number of carbonyl (C=O) groups is 2. The van der Waals surface area contributed by atoms with Gasteiger partial charge in [-0.25, -0.2) is 0 Å². The van der Waals surface area contributed by atoms with Crippen LogP contribution in [0.2, 0.25) is 0 Å². The van der Waals surface area contributed by atoms with Crippen molar-refractivity contribution in [3.05, 3.63) is 57.2 Å². The maximum atomic E-state index is 12.2. The zero-order valence-electron chi connectivity index (χ0n) is 19.4. The molecule has 184 valence electrons. The third-order valence-corrected chi connectivity index (χ3v) is 9.89. The molecular weight excluding hydrogens is 598 g/mol. The summed E-state index contributed by atoms with van der Waals surface area (Å²) in [4.78, 5) is 24.4. The first-order chi connectivity index (χ1) is 17.0. The summed E-state index contributed by atoms with van der Waals surface area (Å²) in [5.74, 6) is 1.77. The number of nitrogens with one attached hydrogen (secondary N) is 2. The van der Waals surface area contributed by atoms with Crippen molar-refractivity contribution < 1.29 is 9.59 Å². The molecule has 0 spiro atoms. The van der Waals surface area contributed by atoms with Crippen molar-refractivity contribution in [1.82, 2.24) is 29.5 Å². The molecular formula is C22H26N8O2SSe2. The van der Waals surface area contributed by atoms with Crippen molar-refractivity contribution in [3.63, 3.8) is 0 Å². The van der Waals surface area contributed by atoms with E-state index in [-0.39, 0.29) is 40.8 Å². The van der Waals surface area contributed by atoms with Gasteiger partial charge in [0.05, 0.1) is 0 Å². The van der Waals surface area contributed by atoms with Gasteiger partial charge in [-0.2, -0.15) is 0 Å². The molecule has 0 bridgehead atoms. The Kier molecular flexibility index (Phi) is 9.17. The normalized spacial score (nSPS) is 11.0. The average Bonchev–Trinajstić information content (AvgIpc) is 3.61. The predicted octanol–water partition coefficient (Wildman–Crippen LogP) is 0.938. The van der Waals surface area contributed by atoms with Gasteiger partial charge in [-0.1, -0.05) is 0 Å². The predicted molar refractivity (Wildman–Crippen MR) is 138 cm³/mol. The van der Waals surface area contributed by atoms with Crippen LogP contribution in [0.15, 0.2) is 36.7 Å². The molecule has 0 radical (unpaired) electrons. The Hall–Kier alpha value is -2.43. The molecule has 4 aromatic heterocycles. The Balaban J connectivity index is 1.12. The number of nitrogens with zero attached hydrogens (tertiary/aromatic N) is 6. The Morgan fingerprint density at radius 2 is 1.26 bits per heavy atom. The van der Waals surface area contributed by atoms with E-state index in [0.717, 1.165) is 44.9 Å². The van der Waals surface area contributed by atoms with Crippen LogP contribution < -0.4 is 10.6 Å². The van der Waals surface area contributed by atoms with Crippen molar-refractivity contribution in [2.75, 3.05) is 22.1 Å². The summed E-state index contributed by atoms with van der Waals surface area (Å²) in [5.41, 5.74) is 1.93. The first-order valence-corrected chi connectivity index (χ1v) is 15.6. The molecule has 35 heavy (non-hydrogen) atoms. The number of carbonyl (C=O) groups excluding carboxylic acids is 2. The second-order valence-corrected chi connectivity index (χ2v) is 13.5. The fraction of sp³-hybridized carbons (Fsp3) is 0.364. The van der Waals surface area contributed by atoms with Crippen molar-refractivity contribution in [1.29, 1.82) is 0 Å². The van der Waals surface area contributed by atoms with Gasteiger partial charge < -0.3 is 0 Å². The van der Waals surface area contributed by atoms with Gasteiger partial charge in [0.25, 0.3) is 0 Å². The van der Waals surface area contributed by atoms with Crippen molar-refractivity contribution in [2.24, 2.45) is 14.1 Å². The van der Waals surface area contributed by atoms with Gasteiger partial charge >= 0.3 is 220 Å². The van der Waals surface area contributed by atoms with Crippen LogP contribution in [0.5, 0.6) is 0 Å². The molecule has 0 unspecified atom stereocenters. The van der Waals surface area contributed by atoms with Crippen LogP contribution >= 0.6 is 11.8 Å². The van der Waals surface area contributed by atoms with E-state index in [1.165, 1.54) is 0 Å². The fourth-order valence-corrected chi connectivity index (χ4v) is 7.88. The minimum absolute atomic E-state index is 0.0244. The quantitative estimate of drug-likeness (QED) is 0.178. The second kappa shape index (κ2) is 12.5. The molecule has 4 heterocycles. The van der Waals surface area contributed by atoms with Crippen LogP contribution in [0.1, 0.15) is 20.5 Å². The van der Waals surface area contributed by atoms with Gasteiger partial charge in [0, 0.05) is 0 Å². The fourth-order valence-electron chi connectivity index (χ4n) is 3.25. The molecule has 13 heteroatoms. The monoisotopic (exact) mass is 626 g/mol. The summed E-state index contributed by atoms with van der Waals surface area (Å²) in [6, 6.07) is 7.73. The summed E-state index contributed by atoms with van der Waals surface area (Å²) in [5, 5.41) is 22.6. The molecule has 0 fully saturated rings. The topological polar surface area (TPSA) is 120 Å². The zero-order chi connectivity index (χ0) is 24.6. The average molecular weight is 624 g/mol. The summed E-state index contributed by atoms with van der Waals surface area (Å²) >= 11 is 1.79. The van der Waals surface area contributed by atoms with Crippen LogP contribution in [0.4, 0.5) is 9.38 Å². The Morgan fingerprint density at radius 3 is 1.66 bits per heavy atom. The molecule has 0 saturated heterocycles. The number of amides is 2. The van der Waals surface area contributed by atoms with E-state index in [4.69, 9.17) is 0 Å². The number of hydrogen-bond acceptors (Lipinski definition) is 7. The summed E-state index contributed by atoms with van der Waals surface area (Å²) < 4.78 is 7.33. The summed E-state index contributed by atoms with van der Waals surface area (Å²) in [7, 11) is 3.85. The van der Waals surface area contributed by atoms with Gasteiger partial charge in [-0.3, -0.25) is 0 Å². The first kappa shape index (κ1) is 25.7. The standard InChI is InChI=1S/C22H26N8O2SSe2/c1-29-9-3-5-15(29)13-17(31)23-21-27-25-19(34-21)7-11-33-12-8-20-26-28-22(35-20)24-18(32)14-16-6-4-10-30(16)2/h3-6,9-10H,7-8,11-14H2,1-2H3,(H,23,27,31)(H,24,28,32). The molecule has 0 aliphatic rings. The minimum atomic E-state index is -0.0600. The maximum absolute atomic E-state index is 12.2. The number of anilines is 2. The molecule has 2 amide bonds. The van der Waals surface area contributed by atoms with E-state index in [1.807, 2.05) is 71.7 Å². The first-order valence-electron chi connectivity index (χ1n) is 11.0. The third kappa shape index (κ3) is 7.78. The second-order valence-electron chi connectivity index (χ2n) is 7.79. The SMILES string of the molecule is Cn1cccc1CC(=O)Nc1nnc(CCSCCc2nnc(NC(=O)Cc3cccn3C)[se]2)[se]1. The Morgan fingerprint density at radius 1 is 0.800 bits per heavy atom. The molecule has 0 saturated carbocycles. The van der Waals surface area contributed by atoms with Crippen LogP contribution in [0, 0.1) is 0 Å². The Bertz CT molecular complexity index is 1180. The number of hydrogen-bond donors (Lipinski definition) is 2. The van der Waals surface area contributed by atoms with Crippen LogP contribution in [0.3, 0.4) is 0 Å². The number of aryl methyl sites for hydroxylation is 4. The molecule has 4 aromatic rings. The van der Waals surface area contributed by atoms with Gasteiger partial charge in [0.2, 0.25) is 0 Å². The zero-order valence-corrected chi connectivity index (χ0v) is 23.7. The van der Waals surface area contributed by atoms with Crippen molar-refractivity contribution in [3.8, 4) is 0 Å². The molecule has 4 rings (SSSR count). The molecule has 0 aliphatic heterocycles. The van der Waals surface area contributed by atoms with E-state index in [9.17, 15) is 9.59 Å². The van der Waals surface area contributed by atoms with Gasteiger partial charge in [-0.05, 0) is 0 Å². The third-order valence-electron chi connectivity index (χ3n) is 5.13. The van der Waals surface area contributed by atoms with Gasteiger partial charge in [0.15, 0.2) is 0 Å². The van der Waals surface area contributed by atoms with E-state index in [1.54, 1.807) is 0 Å². The number of rotatable bonds is 12. The molecule has 0 atom stereocenters. The molecule has 2 N–H and O–H groups in total. The van der Waals surface area contributed by atoms with Crippen molar-refractivity contribution in [2.45, 2.75) is 25.7 Å². The van der Waals surface area contributed by atoms with Gasteiger partial charge in [0.1, 0.15) is 0 Å². The van der Waals surface area contributed by atoms with Crippen LogP contribution in [-0.2, 0) is 49.4 Å². The Labute approximate surface area is 219 Å². The molecule has 0 aromatic carbocycles. The number of aromatic nitrogens is 6. The van der Waals surface area contributed by atoms with Crippen LogP contribution in [-0.4, -0.2) is 81.9 Å². The molecule has 10 nitrogen and oxygen atoms in total. The van der Waals surface area contributed by atoms with Crippen LogP contribution in [0.25, 0.3) is 0 Å². The van der Waals surface area contributed by atoms with E-state index < -0.39 is 0 Å². The summed E-state index contributed by atoms with van der Waals surface area (Å²) in [6.07, 6.45) is 6.24. The van der Waals surface area contributed by atoms with E-state index in [2.05, 4.69) is 31.0 Å². The van der Waals surface area contributed by atoms with E-state index >= 15 is 0 Å². The van der Waals surface area contributed by atoms with E-state index in [0.29, 0.717) is 22.2 Å². The molecule has 0 aliphatic carbocycles. The van der Waals surface area contributed by atoms with Crippen molar-refractivity contribution >= 4 is 62.0 Å². The summed E-state index contributed by atoms with van der Waals surface area (Å²) in [6.45, 7) is 0. The number of thioether (sulfide) groups is 1.